The Balaban J connectivity index is 1.92. The van der Waals surface area contributed by atoms with Crippen LogP contribution in [-0.4, -0.2) is 31.2 Å². The number of benzene rings is 1. The highest BCUT2D eigenvalue weighted by Crippen LogP contribution is 2.21. The molecule has 0 aromatic heterocycles. The number of carbonyl (C=O) groups is 1. The number of rotatable bonds is 3. The van der Waals surface area contributed by atoms with Crippen molar-refractivity contribution in [2.24, 2.45) is 0 Å². The molecule has 2 N–H and O–H groups in total. The summed E-state index contributed by atoms with van der Waals surface area (Å²) < 4.78 is 6.37. The summed E-state index contributed by atoms with van der Waals surface area (Å²) in [4.78, 5) is 12.1. The first-order chi connectivity index (χ1) is 9.08. The number of hydrogen-bond acceptors (Lipinski definition) is 3. The van der Waals surface area contributed by atoms with Crippen molar-refractivity contribution in [2.75, 3.05) is 13.2 Å². The highest BCUT2D eigenvalue weighted by atomic mass is 79.9. The van der Waals surface area contributed by atoms with Crippen molar-refractivity contribution < 1.29 is 9.53 Å². The van der Waals surface area contributed by atoms with Crippen LogP contribution in [0.2, 0.25) is 5.02 Å². The molecule has 1 amide bonds. The van der Waals surface area contributed by atoms with Gasteiger partial charge in [0.15, 0.2) is 0 Å². The van der Waals surface area contributed by atoms with Crippen molar-refractivity contribution in [3.8, 4) is 0 Å². The molecular weight excluding hydrogens is 332 g/mol. The molecular formula is C13H16BrClN2O2. The van der Waals surface area contributed by atoms with E-state index in [1.165, 1.54) is 0 Å². The van der Waals surface area contributed by atoms with Crippen LogP contribution in [0.3, 0.4) is 0 Å². The van der Waals surface area contributed by atoms with Gasteiger partial charge in [-0.1, -0.05) is 33.6 Å². The van der Waals surface area contributed by atoms with E-state index in [-0.39, 0.29) is 18.1 Å². The fraction of sp³-hybridized carbons (Fsp3) is 0.462. The molecule has 2 atom stereocenters. The van der Waals surface area contributed by atoms with Gasteiger partial charge in [0.1, 0.15) is 6.04 Å². The monoisotopic (exact) mass is 346 g/mol. The molecule has 1 fully saturated rings. The molecule has 2 rings (SSSR count). The normalized spacial score (nSPS) is 23.1. The van der Waals surface area contributed by atoms with E-state index in [4.69, 9.17) is 16.3 Å². The predicted octanol–water partition coefficient (Wildman–Crippen LogP) is 2.10. The summed E-state index contributed by atoms with van der Waals surface area (Å²) in [5.74, 6) is -0.0637. The first-order valence-electron chi connectivity index (χ1n) is 6.14. The number of amides is 1. The maximum absolute atomic E-state index is 12.1. The summed E-state index contributed by atoms with van der Waals surface area (Å²) in [5.41, 5.74) is 0.891. The van der Waals surface area contributed by atoms with Gasteiger partial charge in [0.05, 0.1) is 12.7 Å². The number of hydrogen-bond donors (Lipinski definition) is 2. The molecule has 1 aromatic carbocycles. The number of halogens is 2. The number of carbonyl (C=O) groups excluding carboxylic acids is 1. The second-order valence-electron chi connectivity index (χ2n) is 4.46. The molecule has 0 radical (unpaired) electrons. The molecule has 0 spiro atoms. The Morgan fingerprint density at radius 1 is 1.63 bits per heavy atom. The Kier molecular flexibility index (Phi) is 5.21. The van der Waals surface area contributed by atoms with E-state index in [0.29, 0.717) is 24.7 Å². The number of morpholine rings is 1. The van der Waals surface area contributed by atoms with Crippen LogP contribution < -0.4 is 10.6 Å². The maximum Gasteiger partial charge on any atom is 0.240 e. The summed E-state index contributed by atoms with van der Waals surface area (Å²) >= 11 is 9.45. The third-order valence-electron chi connectivity index (χ3n) is 3.07. The molecule has 104 valence electrons. The highest BCUT2D eigenvalue weighted by Gasteiger charge is 2.27. The van der Waals surface area contributed by atoms with Crippen molar-refractivity contribution in [1.82, 2.24) is 10.6 Å². The van der Waals surface area contributed by atoms with Crippen LogP contribution in [0.1, 0.15) is 12.5 Å². The fourth-order valence-corrected chi connectivity index (χ4v) is 2.72. The van der Waals surface area contributed by atoms with E-state index in [9.17, 15) is 4.79 Å². The minimum atomic E-state index is -0.303. The smallest absolute Gasteiger partial charge is 0.240 e. The van der Waals surface area contributed by atoms with E-state index in [2.05, 4.69) is 26.6 Å². The van der Waals surface area contributed by atoms with Crippen LogP contribution >= 0.6 is 27.5 Å². The topological polar surface area (TPSA) is 50.4 Å². The third kappa shape index (κ3) is 3.92. The Morgan fingerprint density at radius 3 is 3.11 bits per heavy atom. The Labute approximate surface area is 126 Å². The first kappa shape index (κ1) is 14.8. The molecule has 1 aliphatic rings. The van der Waals surface area contributed by atoms with Crippen molar-refractivity contribution in [3.05, 3.63) is 33.3 Å². The van der Waals surface area contributed by atoms with E-state index in [1.807, 2.05) is 25.1 Å². The van der Waals surface area contributed by atoms with Crippen molar-refractivity contribution >= 4 is 33.4 Å². The van der Waals surface area contributed by atoms with Crippen LogP contribution in [-0.2, 0) is 16.1 Å². The van der Waals surface area contributed by atoms with Gasteiger partial charge in [-0.25, -0.2) is 0 Å². The average molecular weight is 348 g/mol. The van der Waals surface area contributed by atoms with E-state index in [1.54, 1.807) is 0 Å². The molecule has 0 aliphatic carbocycles. The fourth-order valence-electron chi connectivity index (χ4n) is 1.98. The summed E-state index contributed by atoms with van der Waals surface area (Å²) in [6.07, 6.45) is -0.117. The lowest BCUT2D eigenvalue weighted by atomic mass is 10.1. The molecule has 1 heterocycles. The van der Waals surface area contributed by atoms with Gasteiger partial charge >= 0.3 is 0 Å². The molecule has 0 unspecified atom stereocenters. The van der Waals surface area contributed by atoms with Gasteiger partial charge < -0.3 is 15.4 Å². The van der Waals surface area contributed by atoms with Gasteiger partial charge in [-0.3, -0.25) is 4.79 Å². The molecule has 6 heteroatoms. The maximum atomic E-state index is 12.1. The molecule has 1 saturated heterocycles. The van der Waals surface area contributed by atoms with Crippen molar-refractivity contribution in [2.45, 2.75) is 25.6 Å². The minimum Gasteiger partial charge on any atom is -0.375 e. The van der Waals surface area contributed by atoms with Crippen LogP contribution in [0.4, 0.5) is 0 Å². The highest BCUT2D eigenvalue weighted by molar-refractivity contribution is 9.10. The minimum absolute atomic E-state index is 0.0637. The molecule has 1 aliphatic heterocycles. The summed E-state index contributed by atoms with van der Waals surface area (Å²) in [5, 5.41) is 6.66. The average Bonchev–Trinajstić information content (AvgIpc) is 2.38. The van der Waals surface area contributed by atoms with Crippen LogP contribution in [0.5, 0.6) is 0 Å². The number of nitrogens with one attached hydrogen (secondary N) is 2. The SMILES string of the molecule is C[C@H]1OCCN[C@@H]1C(=O)NCc1ccc(Br)cc1Cl. The lowest BCUT2D eigenvalue weighted by Gasteiger charge is -2.29. The van der Waals surface area contributed by atoms with E-state index < -0.39 is 0 Å². The standard InChI is InChI=1S/C13H16BrClN2O2/c1-8-12(16-4-5-19-8)13(18)17-7-9-2-3-10(14)6-11(9)15/h2-3,6,8,12,16H,4-5,7H2,1H3,(H,17,18)/t8-,12+/m1/s1. The largest absolute Gasteiger partial charge is 0.375 e. The summed E-state index contributed by atoms with van der Waals surface area (Å²) in [6, 6.07) is 5.30. The van der Waals surface area contributed by atoms with Crippen LogP contribution in [0.15, 0.2) is 22.7 Å². The zero-order valence-electron chi connectivity index (χ0n) is 10.6. The van der Waals surface area contributed by atoms with Gasteiger partial charge in [-0.2, -0.15) is 0 Å². The Bertz CT molecular complexity index is 470. The van der Waals surface area contributed by atoms with Gasteiger partial charge in [0, 0.05) is 22.6 Å². The number of ether oxygens (including phenoxy) is 1. The quantitative estimate of drug-likeness (QED) is 0.880. The van der Waals surface area contributed by atoms with Gasteiger partial charge in [0.25, 0.3) is 0 Å². The molecule has 0 bridgehead atoms. The van der Waals surface area contributed by atoms with Gasteiger partial charge in [0.2, 0.25) is 5.91 Å². The van der Waals surface area contributed by atoms with Crippen molar-refractivity contribution in [3.63, 3.8) is 0 Å². The lowest BCUT2D eigenvalue weighted by molar-refractivity contribution is -0.129. The molecule has 4 nitrogen and oxygen atoms in total. The predicted molar refractivity (Wildman–Crippen MR) is 78.2 cm³/mol. The van der Waals surface area contributed by atoms with Crippen molar-refractivity contribution in [1.29, 1.82) is 0 Å². The Morgan fingerprint density at radius 2 is 2.42 bits per heavy atom. The molecule has 0 saturated carbocycles. The second-order valence-corrected chi connectivity index (χ2v) is 5.78. The second kappa shape index (κ2) is 6.70. The van der Waals surface area contributed by atoms with Crippen LogP contribution in [0.25, 0.3) is 0 Å². The van der Waals surface area contributed by atoms with Crippen LogP contribution in [0, 0.1) is 0 Å². The molecule has 19 heavy (non-hydrogen) atoms. The Hall–Kier alpha value is -0.620. The molecule has 1 aromatic rings. The first-order valence-corrected chi connectivity index (χ1v) is 7.31. The van der Waals surface area contributed by atoms with E-state index >= 15 is 0 Å². The lowest BCUT2D eigenvalue weighted by Crippen LogP contribution is -2.55. The van der Waals surface area contributed by atoms with Gasteiger partial charge in [-0.05, 0) is 24.6 Å². The third-order valence-corrected chi connectivity index (χ3v) is 3.91. The van der Waals surface area contributed by atoms with Gasteiger partial charge in [-0.15, -0.1) is 0 Å². The zero-order chi connectivity index (χ0) is 13.8. The summed E-state index contributed by atoms with van der Waals surface area (Å²) in [7, 11) is 0. The van der Waals surface area contributed by atoms with E-state index in [0.717, 1.165) is 10.0 Å². The summed E-state index contributed by atoms with van der Waals surface area (Å²) in [6.45, 7) is 3.64. The zero-order valence-corrected chi connectivity index (χ0v) is 12.9.